The largest absolute Gasteiger partial charge is 0.295 e. The summed E-state index contributed by atoms with van der Waals surface area (Å²) >= 11 is 0. The second-order valence-corrected chi connectivity index (χ2v) is 8.88. The predicted molar refractivity (Wildman–Crippen MR) is 118 cm³/mol. The molecule has 2 heteroatoms. The van der Waals surface area contributed by atoms with Crippen LogP contribution in [0.3, 0.4) is 0 Å². The summed E-state index contributed by atoms with van der Waals surface area (Å²) < 4.78 is 4.95. The molecule has 0 saturated carbocycles. The van der Waals surface area contributed by atoms with Crippen molar-refractivity contribution >= 4 is 27.3 Å². The van der Waals surface area contributed by atoms with Gasteiger partial charge >= 0.3 is 0 Å². The number of rotatable bonds is 4. The highest BCUT2D eigenvalue weighted by atomic mass is 15.1. The van der Waals surface area contributed by atoms with E-state index in [1.54, 1.807) is 5.56 Å². The van der Waals surface area contributed by atoms with Crippen molar-refractivity contribution in [1.82, 2.24) is 4.40 Å². The standard InChI is InChI=1S/C26H31N2/c1-6-17(4)19-14-18(5)24-21(15-19)20-10-9-11-22-23(20)25-27(12-13-28(24)25)16-26(22,7-2)8-3/h9-15,17H,6-8,16H2,1-5H3/q+1. The van der Waals surface area contributed by atoms with Gasteiger partial charge in [0, 0.05) is 16.2 Å². The molecule has 2 aromatic carbocycles. The Morgan fingerprint density at radius 1 is 1.11 bits per heavy atom. The van der Waals surface area contributed by atoms with Crippen molar-refractivity contribution in [3.63, 3.8) is 0 Å². The third kappa shape index (κ3) is 2.12. The first-order chi connectivity index (χ1) is 13.5. The fourth-order valence-corrected chi connectivity index (χ4v) is 5.58. The zero-order valence-electron chi connectivity index (χ0n) is 17.8. The van der Waals surface area contributed by atoms with Crippen LogP contribution in [0.5, 0.6) is 0 Å². The molecule has 144 valence electrons. The van der Waals surface area contributed by atoms with Gasteiger partial charge in [-0.15, -0.1) is 0 Å². The normalized spacial score (nSPS) is 16.5. The molecule has 1 atom stereocenters. The van der Waals surface area contributed by atoms with E-state index in [1.165, 1.54) is 57.7 Å². The number of aryl methyl sites for hydroxylation is 1. The van der Waals surface area contributed by atoms with Crippen LogP contribution < -0.4 is 4.57 Å². The van der Waals surface area contributed by atoms with Gasteiger partial charge in [-0.05, 0) is 54.9 Å². The van der Waals surface area contributed by atoms with E-state index in [4.69, 9.17) is 0 Å². The fourth-order valence-electron chi connectivity index (χ4n) is 5.58. The number of imidazole rings is 1. The van der Waals surface area contributed by atoms with Crippen LogP contribution >= 0.6 is 0 Å². The Kier molecular flexibility index (Phi) is 3.84. The molecule has 1 unspecified atom stereocenters. The molecular weight excluding hydrogens is 340 g/mol. The minimum atomic E-state index is 0.232. The lowest BCUT2D eigenvalue weighted by Crippen LogP contribution is -2.48. The molecule has 4 aromatic rings. The van der Waals surface area contributed by atoms with Crippen molar-refractivity contribution in [1.29, 1.82) is 0 Å². The van der Waals surface area contributed by atoms with E-state index in [0.717, 1.165) is 6.54 Å². The first-order valence-corrected chi connectivity index (χ1v) is 10.9. The summed E-state index contributed by atoms with van der Waals surface area (Å²) in [6.07, 6.45) is 8.11. The molecule has 0 radical (unpaired) electrons. The Labute approximate surface area is 167 Å². The predicted octanol–water partition coefficient (Wildman–Crippen LogP) is 6.43. The molecule has 1 aliphatic rings. The van der Waals surface area contributed by atoms with Crippen LogP contribution in [-0.4, -0.2) is 4.40 Å². The minimum absolute atomic E-state index is 0.232. The van der Waals surface area contributed by atoms with Gasteiger partial charge in [0.1, 0.15) is 24.5 Å². The van der Waals surface area contributed by atoms with Crippen molar-refractivity contribution in [2.75, 3.05) is 0 Å². The average Bonchev–Trinajstić information content (AvgIpc) is 3.15. The van der Waals surface area contributed by atoms with Crippen LogP contribution in [0.15, 0.2) is 42.7 Å². The molecule has 0 spiro atoms. The summed E-state index contributed by atoms with van der Waals surface area (Å²) in [5, 5.41) is 4.30. The maximum atomic E-state index is 2.50. The van der Waals surface area contributed by atoms with Gasteiger partial charge < -0.3 is 0 Å². The van der Waals surface area contributed by atoms with E-state index in [1.807, 2.05) is 0 Å². The van der Waals surface area contributed by atoms with E-state index in [9.17, 15) is 0 Å². The fraction of sp³-hybridized carbons (Fsp3) is 0.423. The Morgan fingerprint density at radius 3 is 2.61 bits per heavy atom. The van der Waals surface area contributed by atoms with Crippen molar-refractivity contribution in [3.05, 3.63) is 59.4 Å². The van der Waals surface area contributed by atoms with Gasteiger partial charge in [-0.3, -0.25) is 0 Å². The lowest BCUT2D eigenvalue weighted by Gasteiger charge is -2.34. The molecule has 28 heavy (non-hydrogen) atoms. The Hall–Kier alpha value is -2.35. The SMILES string of the molecule is CCC(C)c1cc(C)c2c(c1)c1cccc3c1c1n2cc[n+]1CC3(CC)CC. The van der Waals surface area contributed by atoms with Crippen LogP contribution in [0.1, 0.15) is 69.6 Å². The summed E-state index contributed by atoms with van der Waals surface area (Å²) in [6.45, 7) is 12.7. The molecule has 0 bridgehead atoms. The first-order valence-electron chi connectivity index (χ1n) is 10.9. The topological polar surface area (TPSA) is 8.29 Å². The number of nitrogens with zero attached hydrogens (tertiary/aromatic N) is 2. The van der Waals surface area contributed by atoms with Crippen LogP contribution in [0.2, 0.25) is 0 Å². The summed E-state index contributed by atoms with van der Waals surface area (Å²) in [7, 11) is 0. The van der Waals surface area contributed by atoms with Gasteiger partial charge in [-0.1, -0.05) is 52.0 Å². The van der Waals surface area contributed by atoms with Gasteiger partial charge in [-0.25, -0.2) is 4.57 Å². The summed E-state index contributed by atoms with van der Waals surface area (Å²) in [4.78, 5) is 0. The third-order valence-electron chi connectivity index (χ3n) is 7.62. The second kappa shape index (κ2) is 6.07. The zero-order valence-corrected chi connectivity index (χ0v) is 17.8. The third-order valence-corrected chi connectivity index (χ3v) is 7.62. The van der Waals surface area contributed by atoms with Crippen molar-refractivity contribution < 1.29 is 4.57 Å². The van der Waals surface area contributed by atoms with Crippen molar-refractivity contribution in [3.8, 4) is 0 Å². The number of hydrogen-bond acceptors (Lipinski definition) is 0. The average molecular weight is 372 g/mol. The maximum absolute atomic E-state index is 2.50. The lowest BCUT2D eigenvalue weighted by molar-refractivity contribution is -0.680. The molecular formula is C26H31N2+. The van der Waals surface area contributed by atoms with Crippen LogP contribution in [-0.2, 0) is 12.0 Å². The van der Waals surface area contributed by atoms with Gasteiger partial charge in [0.05, 0.1) is 5.39 Å². The monoisotopic (exact) mass is 371 g/mol. The lowest BCUT2D eigenvalue weighted by atomic mass is 9.72. The van der Waals surface area contributed by atoms with Crippen LogP contribution in [0.25, 0.3) is 27.3 Å². The second-order valence-electron chi connectivity index (χ2n) is 8.88. The van der Waals surface area contributed by atoms with E-state index < -0.39 is 0 Å². The van der Waals surface area contributed by atoms with Gasteiger partial charge in [-0.2, -0.15) is 4.40 Å². The number of aromatic nitrogens is 2. The summed E-state index contributed by atoms with van der Waals surface area (Å²) in [6, 6.07) is 11.9. The molecule has 3 heterocycles. The maximum Gasteiger partial charge on any atom is 0.295 e. The van der Waals surface area contributed by atoms with E-state index in [2.05, 4.69) is 86.3 Å². The highest BCUT2D eigenvalue weighted by molar-refractivity contribution is 6.13. The molecule has 5 rings (SSSR count). The van der Waals surface area contributed by atoms with Gasteiger partial charge in [0.15, 0.2) is 0 Å². The molecule has 2 nitrogen and oxygen atoms in total. The van der Waals surface area contributed by atoms with Crippen LogP contribution in [0, 0.1) is 6.92 Å². The number of hydrogen-bond donors (Lipinski definition) is 0. The van der Waals surface area contributed by atoms with Crippen molar-refractivity contribution in [2.24, 2.45) is 0 Å². The minimum Gasteiger partial charge on any atom is -0.229 e. The summed E-state index contributed by atoms with van der Waals surface area (Å²) in [5.41, 5.74) is 7.36. The van der Waals surface area contributed by atoms with E-state index in [0.29, 0.717) is 5.92 Å². The highest BCUT2D eigenvalue weighted by Crippen LogP contribution is 2.43. The Bertz CT molecular complexity index is 1220. The quantitative estimate of drug-likeness (QED) is 0.289. The van der Waals surface area contributed by atoms with E-state index >= 15 is 0 Å². The highest BCUT2D eigenvalue weighted by Gasteiger charge is 2.40. The van der Waals surface area contributed by atoms with Gasteiger partial charge in [0.2, 0.25) is 0 Å². The Balaban J connectivity index is 2.03. The Morgan fingerprint density at radius 2 is 1.89 bits per heavy atom. The molecule has 1 aliphatic heterocycles. The number of fused-ring (bicyclic) bond motifs is 3. The van der Waals surface area contributed by atoms with Crippen LogP contribution in [0.4, 0.5) is 0 Å². The number of benzene rings is 2. The molecule has 2 aromatic heterocycles. The van der Waals surface area contributed by atoms with Crippen molar-refractivity contribution in [2.45, 2.75) is 71.8 Å². The first kappa shape index (κ1) is 17.7. The molecule has 0 fully saturated rings. The molecule has 0 N–H and O–H groups in total. The molecule has 0 saturated heterocycles. The van der Waals surface area contributed by atoms with E-state index in [-0.39, 0.29) is 5.41 Å². The smallest absolute Gasteiger partial charge is 0.229 e. The van der Waals surface area contributed by atoms with Gasteiger partial charge in [0.25, 0.3) is 5.65 Å². The summed E-state index contributed by atoms with van der Waals surface area (Å²) in [5.74, 6) is 0.588. The zero-order chi connectivity index (χ0) is 19.6. The molecule has 0 amide bonds. The molecule has 0 aliphatic carbocycles. The number of pyridine rings is 1.